The molecule has 0 aliphatic heterocycles. The maximum absolute atomic E-state index is 11.5. The van der Waals surface area contributed by atoms with Crippen LogP contribution in [-0.4, -0.2) is 9.97 Å². The van der Waals surface area contributed by atoms with E-state index < -0.39 is 0 Å². The van der Waals surface area contributed by atoms with Crippen molar-refractivity contribution < 1.29 is 0 Å². The summed E-state index contributed by atoms with van der Waals surface area (Å²) in [6.07, 6.45) is 0.963. The van der Waals surface area contributed by atoms with E-state index in [-0.39, 0.29) is 18.0 Å². The summed E-state index contributed by atoms with van der Waals surface area (Å²) in [5, 5.41) is 0. The average molecular weight is 195 g/mol. The predicted octanol–water partition coefficient (Wildman–Crippen LogP) is 1.05. The van der Waals surface area contributed by atoms with Crippen molar-refractivity contribution in [2.75, 3.05) is 0 Å². The largest absolute Gasteiger partial charge is 0.326 e. The number of aryl methyl sites for hydroxylation is 1. The third kappa shape index (κ3) is 2.01. The fourth-order valence-electron chi connectivity index (χ4n) is 1.30. The van der Waals surface area contributed by atoms with Crippen LogP contribution in [0.2, 0.25) is 0 Å². The van der Waals surface area contributed by atoms with E-state index in [1.165, 1.54) is 0 Å². The summed E-state index contributed by atoms with van der Waals surface area (Å²) in [5.74, 6) is 1.04. The van der Waals surface area contributed by atoms with Crippen LogP contribution in [0.25, 0.3) is 0 Å². The highest BCUT2D eigenvalue weighted by Gasteiger charge is 2.10. The van der Waals surface area contributed by atoms with E-state index in [1.807, 2.05) is 13.8 Å². The van der Waals surface area contributed by atoms with Crippen LogP contribution in [0.15, 0.2) is 4.79 Å². The van der Waals surface area contributed by atoms with Gasteiger partial charge in [0.1, 0.15) is 5.82 Å². The Hall–Kier alpha value is -1.16. The van der Waals surface area contributed by atoms with Crippen molar-refractivity contribution in [2.24, 2.45) is 5.73 Å². The predicted molar refractivity (Wildman–Crippen MR) is 56.2 cm³/mol. The molecule has 0 amide bonds. The molecule has 0 radical (unpaired) electrons. The van der Waals surface area contributed by atoms with Gasteiger partial charge in [-0.3, -0.25) is 4.79 Å². The lowest BCUT2D eigenvalue weighted by molar-refractivity contribution is 0.665. The highest BCUT2D eigenvalue weighted by molar-refractivity contribution is 5.16. The molecule has 0 fully saturated rings. The van der Waals surface area contributed by atoms with E-state index in [2.05, 4.69) is 16.9 Å². The van der Waals surface area contributed by atoms with Crippen molar-refractivity contribution in [3.05, 3.63) is 27.4 Å². The van der Waals surface area contributed by atoms with Crippen LogP contribution >= 0.6 is 0 Å². The summed E-state index contributed by atoms with van der Waals surface area (Å²) in [5.41, 5.74) is 6.67. The first-order valence-corrected chi connectivity index (χ1v) is 4.89. The van der Waals surface area contributed by atoms with Gasteiger partial charge in [-0.2, -0.15) is 0 Å². The Morgan fingerprint density at radius 2 is 2.21 bits per heavy atom. The third-order valence-corrected chi connectivity index (χ3v) is 2.52. The number of aromatic amines is 1. The molecule has 1 rings (SSSR count). The Labute approximate surface area is 83.6 Å². The summed E-state index contributed by atoms with van der Waals surface area (Å²) in [6, 6.07) is 0. The van der Waals surface area contributed by atoms with Gasteiger partial charge in [-0.05, 0) is 13.3 Å². The monoisotopic (exact) mass is 195 g/mol. The van der Waals surface area contributed by atoms with E-state index >= 15 is 0 Å². The first kappa shape index (κ1) is 10.9. The van der Waals surface area contributed by atoms with Crippen LogP contribution in [0.3, 0.4) is 0 Å². The van der Waals surface area contributed by atoms with Crippen molar-refractivity contribution in [1.82, 2.24) is 9.97 Å². The maximum Gasteiger partial charge on any atom is 0.255 e. The zero-order chi connectivity index (χ0) is 10.7. The molecule has 78 valence electrons. The van der Waals surface area contributed by atoms with Crippen molar-refractivity contribution in [2.45, 2.75) is 39.7 Å². The van der Waals surface area contributed by atoms with Gasteiger partial charge in [0.25, 0.3) is 5.56 Å². The summed E-state index contributed by atoms with van der Waals surface area (Å²) in [4.78, 5) is 18.6. The van der Waals surface area contributed by atoms with E-state index in [0.717, 1.165) is 17.9 Å². The molecule has 0 aliphatic carbocycles. The highest BCUT2D eigenvalue weighted by Crippen LogP contribution is 2.13. The SMILES string of the molecule is CCC(C)c1nc(C)c(CN)c(=O)[nH]1. The number of nitrogens with two attached hydrogens (primary N) is 1. The van der Waals surface area contributed by atoms with Gasteiger partial charge >= 0.3 is 0 Å². The van der Waals surface area contributed by atoms with Crippen molar-refractivity contribution in [3.63, 3.8) is 0 Å². The van der Waals surface area contributed by atoms with Gasteiger partial charge in [-0.1, -0.05) is 13.8 Å². The third-order valence-electron chi connectivity index (χ3n) is 2.52. The number of aromatic nitrogens is 2. The molecule has 4 nitrogen and oxygen atoms in total. The molecule has 0 aliphatic rings. The lowest BCUT2D eigenvalue weighted by Crippen LogP contribution is -2.22. The van der Waals surface area contributed by atoms with E-state index in [9.17, 15) is 4.79 Å². The fourth-order valence-corrected chi connectivity index (χ4v) is 1.30. The molecule has 14 heavy (non-hydrogen) atoms. The van der Waals surface area contributed by atoms with Crippen molar-refractivity contribution in [3.8, 4) is 0 Å². The quantitative estimate of drug-likeness (QED) is 0.757. The molecular weight excluding hydrogens is 178 g/mol. The molecular formula is C10H17N3O. The average Bonchev–Trinajstić information content (AvgIpc) is 2.16. The lowest BCUT2D eigenvalue weighted by atomic mass is 10.1. The number of rotatable bonds is 3. The van der Waals surface area contributed by atoms with Crippen molar-refractivity contribution in [1.29, 1.82) is 0 Å². The molecule has 1 atom stereocenters. The number of nitrogens with zero attached hydrogens (tertiary/aromatic N) is 1. The summed E-state index contributed by atoms with van der Waals surface area (Å²) < 4.78 is 0. The Morgan fingerprint density at radius 1 is 1.57 bits per heavy atom. The smallest absolute Gasteiger partial charge is 0.255 e. The van der Waals surface area contributed by atoms with Gasteiger partial charge in [0.15, 0.2) is 0 Å². The Balaban J connectivity index is 3.21. The molecule has 0 saturated heterocycles. The molecule has 1 aromatic rings. The molecule has 3 N–H and O–H groups in total. The first-order chi connectivity index (χ1) is 6.60. The van der Waals surface area contributed by atoms with Crippen LogP contribution in [0.5, 0.6) is 0 Å². The second-order valence-corrected chi connectivity index (χ2v) is 3.53. The number of H-pyrrole nitrogens is 1. The Morgan fingerprint density at radius 3 is 2.64 bits per heavy atom. The second kappa shape index (κ2) is 4.37. The van der Waals surface area contributed by atoms with Crippen LogP contribution in [0.4, 0.5) is 0 Å². The van der Waals surface area contributed by atoms with Crippen LogP contribution in [-0.2, 0) is 6.54 Å². The summed E-state index contributed by atoms with van der Waals surface area (Å²) in [6.45, 7) is 6.18. The minimum Gasteiger partial charge on any atom is -0.326 e. The lowest BCUT2D eigenvalue weighted by Gasteiger charge is -2.09. The van der Waals surface area contributed by atoms with E-state index in [0.29, 0.717) is 5.56 Å². The van der Waals surface area contributed by atoms with Gasteiger partial charge in [0.05, 0.1) is 5.56 Å². The van der Waals surface area contributed by atoms with Crippen molar-refractivity contribution >= 4 is 0 Å². The molecule has 0 spiro atoms. The normalized spacial score (nSPS) is 12.9. The molecule has 0 saturated carbocycles. The fraction of sp³-hybridized carbons (Fsp3) is 0.600. The van der Waals surface area contributed by atoms with E-state index in [4.69, 9.17) is 5.73 Å². The molecule has 1 unspecified atom stereocenters. The number of nitrogens with one attached hydrogen (secondary N) is 1. The van der Waals surface area contributed by atoms with Crippen LogP contribution < -0.4 is 11.3 Å². The van der Waals surface area contributed by atoms with Gasteiger partial charge in [0, 0.05) is 18.2 Å². The van der Waals surface area contributed by atoms with Gasteiger partial charge in [-0.25, -0.2) is 4.98 Å². The number of hydrogen-bond acceptors (Lipinski definition) is 3. The first-order valence-electron chi connectivity index (χ1n) is 4.89. The molecule has 1 aromatic heterocycles. The molecule has 1 heterocycles. The maximum atomic E-state index is 11.5. The standard InChI is InChI=1S/C10H17N3O/c1-4-6(2)9-12-7(3)8(5-11)10(14)13-9/h6H,4-5,11H2,1-3H3,(H,12,13,14). The van der Waals surface area contributed by atoms with E-state index in [1.54, 1.807) is 0 Å². The minimum atomic E-state index is -0.102. The number of hydrogen-bond donors (Lipinski definition) is 2. The topological polar surface area (TPSA) is 71.8 Å². The highest BCUT2D eigenvalue weighted by atomic mass is 16.1. The van der Waals surface area contributed by atoms with Crippen LogP contribution in [0.1, 0.15) is 43.3 Å². The summed E-state index contributed by atoms with van der Waals surface area (Å²) in [7, 11) is 0. The minimum absolute atomic E-state index is 0.102. The van der Waals surface area contributed by atoms with Gasteiger partial charge < -0.3 is 10.7 Å². The second-order valence-electron chi connectivity index (χ2n) is 3.53. The molecule has 4 heteroatoms. The zero-order valence-corrected chi connectivity index (χ0v) is 8.92. The Kier molecular flexibility index (Phi) is 3.41. The zero-order valence-electron chi connectivity index (χ0n) is 8.92. The Bertz CT molecular complexity index is 370. The molecule has 0 bridgehead atoms. The molecule has 0 aromatic carbocycles. The van der Waals surface area contributed by atoms with Crippen LogP contribution in [0, 0.1) is 6.92 Å². The summed E-state index contributed by atoms with van der Waals surface area (Å²) >= 11 is 0. The van der Waals surface area contributed by atoms with Gasteiger partial charge in [-0.15, -0.1) is 0 Å². The van der Waals surface area contributed by atoms with Gasteiger partial charge in [0.2, 0.25) is 0 Å².